The number of methoxy groups -OCH3 is 1. The standard InChI is InChI=1S/C25H36N6O3/c1-18-15-28(11-12-29(18)17-19-3-5-21(34-2)6-4-19)16-20-7-10-31-22(13-20)23(14-26-31)30-9-8-24(32)27-25(30)33/h7,10,13-14,18-19,21H,3-6,8-9,11-12,15-17H2,1-2H3,(H,27,32,33)/t18-,19?,21?/m0/s1. The molecule has 0 aromatic carbocycles. The lowest BCUT2D eigenvalue weighted by Crippen LogP contribution is -2.52. The fraction of sp³-hybridized carbons (Fsp3) is 0.640. The van der Waals surface area contributed by atoms with Crippen LogP contribution in [0.4, 0.5) is 10.5 Å². The Labute approximate surface area is 201 Å². The number of nitrogens with zero attached hydrogens (tertiary/aromatic N) is 5. The number of fused-ring (bicyclic) bond motifs is 1. The molecule has 2 aliphatic heterocycles. The van der Waals surface area contributed by atoms with Crippen molar-refractivity contribution in [1.29, 1.82) is 0 Å². The van der Waals surface area contributed by atoms with Crippen molar-refractivity contribution in [3.05, 3.63) is 30.1 Å². The number of pyridine rings is 1. The van der Waals surface area contributed by atoms with Crippen LogP contribution in [-0.4, -0.2) is 83.3 Å². The maximum absolute atomic E-state index is 12.3. The van der Waals surface area contributed by atoms with E-state index >= 15 is 0 Å². The van der Waals surface area contributed by atoms with Crippen molar-refractivity contribution < 1.29 is 14.3 Å². The predicted octanol–water partition coefficient (Wildman–Crippen LogP) is 2.49. The second-order valence-corrected chi connectivity index (χ2v) is 10.1. The van der Waals surface area contributed by atoms with Crippen LogP contribution in [0.3, 0.4) is 0 Å². The summed E-state index contributed by atoms with van der Waals surface area (Å²) < 4.78 is 7.33. The second kappa shape index (κ2) is 10.0. The average Bonchev–Trinajstić information content (AvgIpc) is 3.24. The molecule has 0 radical (unpaired) electrons. The number of anilines is 1. The number of carbonyl (C=O) groups excluding carboxylic acids is 2. The number of piperazine rings is 1. The highest BCUT2D eigenvalue weighted by molar-refractivity contribution is 6.07. The quantitative estimate of drug-likeness (QED) is 0.702. The fourth-order valence-corrected chi connectivity index (χ4v) is 5.74. The minimum absolute atomic E-state index is 0.227. The summed E-state index contributed by atoms with van der Waals surface area (Å²) in [5, 5.41) is 6.80. The second-order valence-electron chi connectivity index (χ2n) is 10.1. The molecule has 9 heteroatoms. The molecule has 0 unspecified atom stereocenters. The van der Waals surface area contributed by atoms with Crippen molar-refractivity contribution >= 4 is 23.1 Å². The van der Waals surface area contributed by atoms with Gasteiger partial charge in [-0.1, -0.05) is 0 Å². The first-order valence-corrected chi connectivity index (χ1v) is 12.6. The van der Waals surface area contributed by atoms with Crippen molar-refractivity contribution in [2.45, 2.75) is 57.7 Å². The summed E-state index contributed by atoms with van der Waals surface area (Å²) in [5.41, 5.74) is 2.84. The first-order chi connectivity index (χ1) is 16.5. The number of imide groups is 1. The van der Waals surface area contributed by atoms with Crippen molar-refractivity contribution in [3.63, 3.8) is 0 Å². The summed E-state index contributed by atoms with van der Waals surface area (Å²) in [7, 11) is 1.84. The lowest BCUT2D eigenvalue weighted by atomic mass is 9.86. The van der Waals surface area contributed by atoms with E-state index in [0.29, 0.717) is 25.1 Å². The molecule has 0 spiro atoms. The third-order valence-electron chi connectivity index (χ3n) is 7.79. The van der Waals surface area contributed by atoms with Gasteiger partial charge < -0.3 is 4.74 Å². The van der Waals surface area contributed by atoms with E-state index in [9.17, 15) is 9.59 Å². The van der Waals surface area contributed by atoms with Crippen molar-refractivity contribution in [2.75, 3.05) is 44.7 Å². The number of nitrogens with one attached hydrogen (secondary N) is 1. The van der Waals surface area contributed by atoms with Crippen LogP contribution in [-0.2, 0) is 16.1 Å². The topological polar surface area (TPSA) is 82.4 Å². The number of ether oxygens (including phenoxy) is 1. The molecule has 34 heavy (non-hydrogen) atoms. The zero-order valence-electron chi connectivity index (χ0n) is 20.3. The average molecular weight is 469 g/mol. The van der Waals surface area contributed by atoms with E-state index in [4.69, 9.17) is 4.74 Å². The van der Waals surface area contributed by atoms with Crippen LogP contribution >= 0.6 is 0 Å². The molecule has 3 fully saturated rings. The van der Waals surface area contributed by atoms with Crippen LogP contribution in [0.2, 0.25) is 0 Å². The van der Waals surface area contributed by atoms with Gasteiger partial charge in [-0.25, -0.2) is 9.31 Å². The molecule has 4 heterocycles. The highest BCUT2D eigenvalue weighted by Gasteiger charge is 2.29. The van der Waals surface area contributed by atoms with Gasteiger partial charge in [0, 0.05) is 65.0 Å². The highest BCUT2D eigenvalue weighted by Crippen LogP contribution is 2.28. The molecule has 9 nitrogen and oxygen atoms in total. The van der Waals surface area contributed by atoms with E-state index in [1.165, 1.54) is 37.8 Å². The predicted molar refractivity (Wildman–Crippen MR) is 130 cm³/mol. The minimum Gasteiger partial charge on any atom is -0.381 e. The van der Waals surface area contributed by atoms with E-state index in [2.05, 4.69) is 39.3 Å². The lowest BCUT2D eigenvalue weighted by molar-refractivity contribution is -0.120. The SMILES string of the molecule is COC1CCC(CN2CCN(Cc3ccn4ncc(N5CCC(=O)NC5=O)c4c3)C[C@@H]2C)CC1. The maximum atomic E-state index is 12.3. The molecule has 184 valence electrons. The third kappa shape index (κ3) is 4.96. The van der Waals surface area contributed by atoms with Gasteiger partial charge in [0.2, 0.25) is 5.91 Å². The van der Waals surface area contributed by atoms with Crippen LogP contribution in [0.1, 0.15) is 44.6 Å². The van der Waals surface area contributed by atoms with Crippen molar-refractivity contribution in [1.82, 2.24) is 24.7 Å². The number of hydrogen-bond acceptors (Lipinski definition) is 6. The number of aromatic nitrogens is 2. The molecule has 1 N–H and O–H groups in total. The van der Waals surface area contributed by atoms with Gasteiger partial charge in [-0.15, -0.1) is 0 Å². The molecule has 3 amide bonds. The van der Waals surface area contributed by atoms with Gasteiger partial charge in [-0.3, -0.25) is 24.8 Å². The van der Waals surface area contributed by atoms with E-state index in [0.717, 1.165) is 43.3 Å². The van der Waals surface area contributed by atoms with Crippen molar-refractivity contribution in [3.8, 4) is 0 Å². The maximum Gasteiger partial charge on any atom is 0.328 e. The summed E-state index contributed by atoms with van der Waals surface area (Å²) >= 11 is 0. The molecular formula is C25H36N6O3. The Morgan fingerprint density at radius 2 is 1.97 bits per heavy atom. The smallest absolute Gasteiger partial charge is 0.328 e. The van der Waals surface area contributed by atoms with E-state index < -0.39 is 0 Å². The lowest BCUT2D eigenvalue weighted by Gasteiger charge is -2.42. The molecule has 1 atom stereocenters. The Morgan fingerprint density at radius 1 is 1.15 bits per heavy atom. The first kappa shape index (κ1) is 23.3. The minimum atomic E-state index is -0.378. The highest BCUT2D eigenvalue weighted by atomic mass is 16.5. The Kier molecular flexibility index (Phi) is 6.85. The monoisotopic (exact) mass is 468 g/mol. The third-order valence-corrected chi connectivity index (χ3v) is 7.79. The summed E-state index contributed by atoms with van der Waals surface area (Å²) in [4.78, 5) is 30.6. The Balaban J connectivity index is 1.20. The Bertz CT molecular complexity index is 1030. The number of amides is 3. The van der Waals surface area contributed by atoms with Crippen LogP contribution in [0, 0.1) is 5.92 Å². The zero-order valence-corrected chi connectivity index (χ0v) is 20.3. The molecule has 5 rings (SSSR count). The van der Waals surface area contributed by atoms with E-state index in [1.54, 1.807) is 15.6 Å². The number of urea groups is 1. The van der Waals surface area contributed by atoms with Gasteiger partial charge in [-0.2, -0.15) is 5.10 Å². The molecular weight excluding hydrogens is 432 g/mol. The van der Waals surface area contributed by atoms with Gasteiger partial charge in [-0.05, 0) is 56.2 Å². The molecule has 2 saturated heterocycles. The summed E-state index contributed by atoms with van der Waals surface area (Å²) in [6.45, 7) is 8.03. The summed E-state index contributed by atoms with van der Waals surface area (Å²) in [6, 6.07) is 4.39. The van der Waals surface area contributed by atoms with E-state index in [1.807, 2.05) is 13.3 Å². The van der Waals surface area contributed by atoms with Gasteiger partial charge in [0.15, 0.2) is 0 Å². The largest absolute Gasteiger partial charge is 0.381 e. The first-order valence-electron chi connectivity index (χ1n) is 12.6. The summed E-state index contributed by atoms with van der Waals surface area (Å²) in [6.07, 6.45) is 9.38. The van der Waals surface area contributed by atoms with Crippen LogP contribution in [0.15, 0.2) is 24.5 Å². The van der Waals surface area contributed by atoms with Gasteiger partial charge in [0.25, 0.3) is 0 Å². The normalized spacial score (nSPS) is 27.4. The number of hydrogen-bond donors (Lipinski definition) is 1. The van der Waals surface area contributed by atoms with Gasteiger partial charge in [0.05, 0.1) is 23.5 Å². The molecule has 2 aromatic heterocycles. The van der Waals surface area contributed by atoms with Crippen LogP contribution in [0.5, 0.6) is 0 Å². The number of carbonyl (C=O) groups is 2. The molecule has 3 aliphatic rings. The van der Waals surface area contributed by atoms with Crippen LogP contribution < -0.4 is 10.2 Å². The Morgan fingerprint density at radius 3 is 2.71 bits per heavy atom. The zero-order chi connectivity index (χ0) is 23.7. The fourth-order valence-electron chi connectivity index (χ4n) is 5.74. The molecule has 1 saturated carbocycles. The van der Waals surface area contributed by atoms with Gasteiger partial charge >= 0.3 is 6.03 Å². The van der Waals surface area contributed by atoms with Gasteiger partial charge in [0.1, 0.15) is 0 Å². The Hall–Kier alpha value is -2.49. The molecule has 0 bridgehead atoms. The molecule has 2 aromatic rings. The van der Waals surface area contributed by atoms with Crippen molar-refractivity contribution in [2.24, 2.45) is 5.92 Å². The molecule has 1 aliphatic carbocycles. The number of rotatable bonds is 6. The van der Waals surface area contributed by atoms with Crippen LogP contribution in [0.25, 0.3) is 5.52 Å². The van der Waals surface area contributed by atoms with E-state index in [-0.39, 0.29) is 11.9 Å². The summed E-state index contributed by atoms with van der Waals surface area (Å²) in [5.74, 6) is 0.569.